The standard InChI is InChI=1S/C28H21F6N3O5S/c29-27(30,31)41-20-9-5-16(6-10-20)22-15-43-26(36-22)37-24(18-7-11-21(12-8-18)42-28(32,33)34)17-1-3-19(4-2-17)25(40)35-14-13-23(38)39/h1-12,15,24H,13-14H2,(H,35,40)(H,36,37)(H,38,39). The van der Waals surface area contributed by atoms with E-state index < -0.39 is 36.4 Å². The van der Waals surface area contributed by atoms with Crippen LogP contribution < -0.4 is 20.1 Å². The molecule has 0 saturated heterocycles. The zero-order valence-electron chi connectivity index (χ0n) is 21.7. The number of aliphatic carboxylic acids is 1. The Hall–Kier alpha value is -4.79. The first-order valence-electron chi connectivity index (χ1n) is 12.3. The molecule has 0 spiro atoms. The number of hydrogen-bond acceptors (Lipinski definition) is 7. The van der Waals surface area contributed by atoms with Crippen molar-refractivity contribution in [2.45, 2.75) is 25.2 Å². The minimum absolute atomic E-state index is 0.0586. The van der Waals surface area contributed by atoms with Crippen LogP contribution in [0.4, 0.5) is 31.5 Å². The van der Waals surface area contributed by atoms with E-state index in [-0.39, 0.29) is 24.3 Å². The van der Waals surface area contributed by atoms with Crippen LogP contribution in [0.3, 0.4) is 0 Å². The van der Waals surface area contributed by atoms with E-state index in [9.17, 15) is 35.9 Å². The van der Waals surface area contributed by atoms with Gasteiger partial charge in [0.05, 0.1) is 18.2 Å². The van der Waals surface area contributed by atoms with E-state index in [4.69, 9.17) is 5.11 Å². The number of aromatic nitrogens is 1. The fourth-order valence-electron chi connectivity index (χ4n) is 3.86. The molecular weight excluding hydrogens is 604 g/mol. The molecule has 3 N–H and O–H groups in total. The number of hydrogen-bond donors (Lipinski definition) is 3. The Morgan fingerprint density at radius 2 is 1.33 bits per heavy atom. The van der Waals surface area contributed by atoms with E-state index in [0.717, 1.165) is 24.3 Å². The maximum Gasteiger partial charge on any atom is 0.573 e. The number of rotatable bonds is 11. The molecule has 15 heteroatoms. The maximum absolute atomic E-state index is 12.6. The number of halogens is 6. The van der Waals surface area contributed by atoms with Crippen LogP contribution in [0.5, 0.6) is 11.5 Å². The quantitative estimate of drug-likeness (QED) is 0.154. The molecule has 0 aliphatic heterocycles. The monoisotopic (exact) mass is 625 g/mol. The molecule has 0 saturated carbocycles. The van der Waals surface area contributed by atoms with E-state index in [2.05, 4.69) is 25.1 Å². The molecule has 8 nitrogen and oxygen atoms in total. The van der Waals surface area contributed by atoms with Gasteiger partial charge in [-0.15, -0.1) is 37.7 Å². The Balaban J connectivity index is 1.57. The fourth-order valence-corrected chi connectivity index (χ4v) is 4.61. The number of alkyl halides is 6. The van der Waals surface area contributed by atoms with Crippen LogP contribution in [0, 0.1) is 0 Å². The topological polar surface area (TPSA) is 110 Å². The van der Waals surface area contributed by atoms with Gasteiger partial charge in [0, 0.05) is 23.1 Å². The molecule has 43 heavy (non-hydrogen) atoms. The predicted molar refractivity (Wildman–Crippen MR) is 144 cm³/mol. The second-order valence-electron chi connectivity index (χ2n) is 8.83. The summed E-state index contributed by atoms with van der Waals surface area (Å²) in [5.74, 6) is -2.35. The molecule has 3 aromatic carbocycles. The van der Waals surface area contributed by atoms with Gasteiger partial charge in [0.1, 0.15) is 11.5 Å². The van der Waals surface area contributed by atoms with Crippen molar-refractivity contribution in [3.63, 3.8) is 0 Å². The predicted octanol–water partition coefficient (Wildman–Crippen LogP) is 7.01. The van der Waals surface area contributed by atoms with E-state index in [0.29, 0.717) is 27.5 Å². The van der Waals surface area contributed by atoms with Crippen molar-refractivity contribution in [2.24, 2.45) is 0 Å². The molecule has 0 fully saturated rings. The third-order valence-corrected chi connectivity index (χ3v) is 6.51. The Labute approximate surface area is 243 Å². The number of nitrogens with one attached hydrogen (secondary N) is 2. The van der Waals surface area contributed by atoms with Crippen LogP contribution in [-0.4, -0.2) is 41.2 Å². The Morgan fingerprint density at radius 3 is 1.84 bits per heavy atom. The van der Waals surface area contributed by atoms with Crippen LogP contribution in [0.25, 0.3) is 11.3 Å². The lowest BCUT2D eigenvalue weighted by molar-refractivity contribution is -0.275. The van der Waals surface area contributed by atoms with Gasteiger partial charge in [0.25, 0.3) is 5.91 Å². The highest BCUT2D eigenvalue weighted by Gasteiger charge is 2.32. The highest BCUT2D eigenvalue weighted by atomic mass is 32.1. The van der Waals surface area contributed by atoms with E-state index in [1.54, 1.807) is 17.5 Å². The number of benzene rings is 3. The number of ether oxygens (including phenoxy) is 2. The number of anilines is 1. The second kappa shape index (κ2) is 13.0. The van der Waals surface area contributed by atoms with Crippen molar-refractivity contribution in [2.75, 3.05) is 11.9 Å². The molecule has 0 bridgehead atoms. The number of carbonyl (C=O) groups excluding carboxylic acids is 1. The molecule has 4 rings (SSSR count). The first-order chi connectivity index (χ1) is 20.3. The molecule has 4 aromatic rings. The smallest absolute Gasteiger partial charge is 0.481 e. The third-order valence-electron chi connectivity index (χ3n) is 5.73. The Kier molecular flexibility index (Phi) is 9.43. The molecule has 1 aromatic heterocycles. The zero-order valence-corrected chi connectivity index (χ0v) is 22.5. The van der Waals surface area contributed by atoms with Gasteiger partial charge in [-0.2, -0.15) is 0 Å². The average molecular weight is 626 g/mol. The van der Waals surface area contributed by atoms with Crippen molar-refractivity contribution < 1.29 is 50.5 Å². The lowest BCUT2D eigenvalue weighted by atomic mass is 9.97. The summed E-state index contributed by atoms with van der Waals surface area (Å²) < 4.78 is 83.2. The molecule has 0 radical (unpaired) electrons. The van der Waals surface area contributed by atoms with Crippen LogP contribution in [-0.2, 0) is 4.79 Å². The Bertz CT molecular complexity index is 1540. The lowest BCUT2D eigenvalue weighted by Gasteiger charge is -2.20. The Morgan fingerprint density at radius 1 is 0.814 bits per heavy atom. The van der Waals surface area contributed by atoms with Gasteiger partial charge < -0.3 is 25.2 Å². The fraction of sp³-hybridized carbons (Fsp3) is 0.179. The molecule has 0 aliphatic carbocycles. The molecular formula is C28H21F6N3O5S. The van der Waals surface area contributed by atoms with Gasteiger partial charge >= 0.3 is 18.7 Å². The summed E-state index contributed by atoms with van der Waals surface area (Å²) >= 11 is 1.19. The summed E-state index contributed by atoms with van der Waals surface area (Å²) in [4.78, 5) is 27.5. The zero-order chi connectivity index (χ0) is 31.2. The molecule has 1 amide bonds. The summed E-state index contributed by atoms with van der Waals surface area (Å²) in [6, 6.07) is 15.9. The van der Waals surface area contributed by atoms with Crippen LogP contribution in [0.15, 0.2) is 78.2 Å². The van der Waals surface area contributed by atoms with Crippen LogP contribution in [0.1, 0.15) is 33.9 Å². The average Bonchev–Trinajstić information content (AvgIpc) is 3.39. The van der Waals surface area contributed by atoms with Crippen molar-refractivity contribution in [1.29, 1.82) is 0 Å². The number of carbonyl (C=O) groups is 2. The van der Waals surface area contributed by atoms with Crippen molar-refractivity contribution in [1.82, 2.24) is 10.3 Å². The number of carboxylic acid groups (broad SMARTS) is 1. The van der Waals surface area contributed by atoms with Gasteiger partial charge in [-0.3, -0.25) is 9.59 Å². The summed E-state index contributed by atoms with van der Waals surface area (Å²) in [5, 5.41) is 16.5. The van der Waals surface area contributed by atoms with E-state index in [1.807, 2.05) is 0 Å². The van der Waals surface area contributed by atoms with Gasteiger partial charge in [0.15, 0.2) is 5.13 Å². The van der Waals surface area contributed by atoms with E-state index in [1.165, 1.54) is 47.7 Å². The van der Waals surface area contributed by atoms with Gasteiger partial charge in [-0.05, 0) is 59.7 Å². The lowest BCUT2D eigenvalue weighted by Crippen LogP contribution is -2.26. The molecule has 1 heterocycles. The molecule has 0 aliphatic rings. The summed E-state index contributed by atoms with van der Waals surface area (Å²) in [6.45, 7) is -0.0586. The van der Waals surface area contributed by atoms with Crippen molar-refractivity contribution in [3.05, 3.63) is 94.9 Å². The molecule has 1 unspecified atom stereocenters. The van der Waals surface area contributed by atoms with Crippen LogP contribution >= 0.6 is 11.3 Å². The van der Waals surface area contributed by atoms with Gasteiger partial charge in [0.2, 0.25) is 0 Å². The first-order valence-corrected chi connectivity index (χ1v) is 13.2. The van der Waals surface area contributed by atoms with Gasteiger partial charge in [-0.1, -0.05) is 24.3 Å². The normalized spacial score (nSPS) is 12.3. The second-order valence-corrected chi connectivity index (χ2v) is 9.68. The minimum atomic E-state index is -4.87. The summed E-state index contributed by atoms with van der Waals surface area (Å²) in [5.41, 5.74) is 2.36. The number of amides is 1. The first kappa shape index (κ1) is 31.2. The van der Waals surface area contributed by atoms with Crippen molar-refractivity contribution >= 4 is 28.3 Å². The number of nitrogens with zero attached hydrogens (tertiary/aromatic N) is 1. The number of thiazole rings is 1. The minimum Gasteiger partial charge on any atom is -0.481 e. The largest absolute Gasteiger partial charge is 0.573 e. The van der Waals surface area contributed by atoms with Gasteiger partial charge in [-0.25, -0.2) is 4.98 Å². The van der Waals surface area contributed by atoms with E-state index >= 15 is 0 Å². The molecule has 226 valence electrons. The maximum atomic E-state index is 12.6. The van der Waals surface area contributed by atoms with Crippen molar-refractivity contribution in [3.8, 4) is 22.8 Å². The molecule has 1 atom stereocenters. The summed E-state index contributed by atoms with van der Waals surface area (Å²) in [6.07, 6.45) is -9.94. The highest BCUT2D eigenvalue weighted by molar-refractivity contribution is 7.14. The summed E-state index contributed by atoms with van der Waals surface area (Å²) in [7, 11) is 0. The number of carboxylic acids is 1. The SMILES string of the molecule is O=C(O)CCNC(=O)c1ccc(C(Nc2nc(-c3ccc(OC(F)(F)F)cc3)cs2)c2ccc(OC(F)(F)F)cc2)cc1. The van der Waals surface area contributed by atoms with Crippen LogP contribution in [0.2, 0.25) is 0 Å². The highest BCUT2D eigenvalue weighted by Crippen LogP contribution is 2.33. The third kappa shape index (κ3) is 9.36.